The van der Waals surface area contributed by atoms with Gasteiger partial charge >= 0.3 is 0 Å². The first-order valence-electron chi connectivity index (χ1n) is 16.3. The Balaban J connectivity index is 1.23. The van der Waals surface area contributed by atoms with Crippen LogP contribution in [0, 0.1) is 0 Å². The van der Waals surface area contributed by atoms with Crippen LogP contribution < -0.4 is 0 Å². The highest BCUT2D eigenvalue weighted by Crippen LogP contribution is 2.48. The second-order valence-electron chi connectivity index (χ2n) is 12.4. The maximum absolute atomic E-state index is 6.68. The lowest BCUT2D eigenvalue weighted by Gasteiger charge is -2.18. The zero-order valence-electron chi connectivity index (χ0n) is 26.0. The van der Waals surface area contributed by atoms with Crippen LogP contribution in [0.3, 0.4) is 0 Å². The van der Waals surface area contributed by atoms with E-state index in [4.69, 9.17) is 8.83 Å². The van der Waals surface area contributed by atoms with Gasteiger partial charge in [-0.15, -0.1) is 0 Å². The third-order valence-electron chi connectivity index (χ3n) is 9.70. The smallest absolute Gasteiger partial charge is 0.146 e. The fourth-order valence-corrected chi connectivity index (χ4v) is 7.54. The Hall–Kier alpha value is -6.38. The van der Waals surface area contributed by atoms with Crippen molar-refractivity contribution in [1.29, 1.82) is 0 Å². The molecule has 0 aliphatic carbocycles. The van der Waals surface area contributed by atoms with Gasteiger partial charge in [0, 0.05) is 16.3 Å². The van der Waals surface area contributed by atoms with Crippen molar-refractivity contribution in [3.8, 4) is 44.7 Å². The summed E-state index contributed by atoms with van der Waals surface area (Å²) in [6, 6.07) is 60.2. The second kappa shape index (κ2) is 10.6. The van der Waals surface area contributed by atoms with Gasteiger partial charge in [-0.1, -0.05) is 146 Å². The fraction of sp³-hybridized carbons (Fsp3) is 0. The molecule has 0 fully saturated rings. The van der Waals surface area contributed by atoms with Crippen LogP contribution in [0.15, 0.2) is 179 Å². The topological polar surface area (TPSA) is 26.3 Å². The van der Waals surface area contributed by atoms with Crippen molar-refractivity contribution in [2.45, 2.75) is 0 Å². The number of furan rings is 2. The van der Waals surface area contributed by atoms with E-state index in [2.05, 4.69) is 152 Å². The summed E-state index contributed by atoms with van der Waals surface area (Å²) in [6.45, 7) is 0. The van der Waals surface area contributed by atoms with E-state index in [0.29, 0.717) is 0 Å². The highest BCUT2D eigenvalue weighted by Gasteiger charge is 2.21. The quantitative estimate of drug-likeness (QED) is 0.185. The van der Waals surface area contributed by atoms with E-state index in [0.717, 1.165) is 49.8 Å². The summed E-state index contributed by atoms with van der Waals surface area (Å²) >= 11 is 0. The lowest BCUT2D eigenvalue weighted by Crippen LogP contribution is -1.91. The van der Waals surface area contributed by atoms with Crippen LogP contribution in [-0.2, 0) is 0 Å². The third kappa shape index (κ3) is 4.06. The van der Waals surface area contributed by atoms with Crippen LogP contribution in [0.2, 0.25) is 0 Å². The van der Waals surface area contributed by atoms with Crippen LogP contribution in [0.1, 0.15) is 0 Å². The Morgan fingerprint density at radius 1 is 0.312 bits per heavy atom. The summed E-state index contributed by atoms with van der Waals surface area (Å²) in [5, 5.41) is 8.08. The van der Waals surface area contributed by atoms with Gasteiger partial charge in [-0.25, -0.2) is 0 Å². The van der Waals surface area contributed by atoms with Gasteiger partial charge in [0.2, 0.25) is 0 Å². The first-order valence-corrected chi connectivity index (χ1v) is 16.3. The normalized spacial score (nSPS) is 11.8. The molecule has 2 heteroatoms. The molecule has 0 aliphatic rings. The largest absolute Gasteiger partial charge is 0.456 e. The average Bonchev–Trinajstić information content (AvgIpc) is 3.77. The molecule has 0 unspecified atom stereocenters. The Kier molecular flexibility index (Phi) is 5.91. The van der Waals surface area contributed by atoms with Gasteiger partial charge in [-0.05, 0) is 79.2 Å². The lowest BCUT2D eigenvalue weighted by molar-refractivity contribution is 0.631. The SMILES string of the molecule is c1ccc(-c2ccc(-c3c4ccccc4c(-c4cccc5oc6c7cc(-c8ccccc8)oc7ccc6c45)c4ccccc34)cc2)cc1. The Morgan fingerprint density at radius 2 is 0.875 bits per heavy atom. The van der Waals surface area contributed by atoms with Gasteiger partial charge < -0.3 is 8.83 Å². The van der Waals surface area contributed by atoms with E-state index >= 15 is 0 Å². The van der Waals surface area contributed by atoms with Crippen LogP contribution in [-0.4, -0.2) is 0 Å². The molecule has 2 heterocycles. The lowest BCUT2D eigenvalue weighted by atomic mass is 9.84. The molecule has 0 spiro atoms. The number of rotatable bonds is 4. The summed E-state index contributed by atoms with van der Waals surface area (Å²) < 4.78 is 13.0. The highest BCUT2D eigenvalue weighted by molar-refractivity contribution is 6.27. The maximum Gasteiger partial charge on any atom is 0.146 e. The molecule has 0 bridgehead atoms. The molecule has 10 aromatic rings. The predicted octanol–water partition coefficient (Wildman–Crippen LogP) is 13.3. The minimum Gasteiger partial charge on any atom is -0.456 e. The number of fused-ring (bicyclic) bond motifs is 7. The highest BCUT2D eigenvalue weighted by atomic mass is 16.3. The minimum absolute atomic E-state index is 0.820. The van der Waals surface area contributed by atoms with Crippen molar-refractivity contribution in [1.82, 2.24) is 0 Å². The zero-order valence-corrected chi connectivity index (χ0v) is 26.0. The van der Waals surface area contributed by atoms with Gasteiger partial charge in [0.25, 0.3) is 0 Å². The molecule has 0 atom stereocenters. The molecule has 224 valence electrons. The standard InChI is InChI=1S/C46H28O2/c1-3-12-29(13-4-1)30-22-24-32(25-23-30)43-33-16-7-9-18-35(33)44(36-19-10-8-17-34(36)43)37-20-11-21-41-45(37)38-26-27-40-39(46(38)48-41)28-42(47-40)31-14-5-2-6-15-31/h1-28H. The summed E-state index contributed by atoms with van der Waals surface area (Å²) in [4.78, 5) is 0. The number of hydrogen-bond donors (Lipinski definition) is 0. The van der Waals surface area contributed by atoms with Crippen LogP contribution >= 0.6 is 0 Å². The Labute approximate surface area is 277 Å². The average molecular weight is 613 g/mol. The van der Waals surface area contributed by atoms with Gasteiger partial charge in [0.05, 0.1) is 5.39 Å². The molecule has 2 aromatic heterocycles. The van der Waals surface area contributed by atoms with Crippen molar-refractivity contribution in [2.75, 3.05) is 0 Å². The minimum atomic E-state index is 0.820. The van der Waals surface area contributed by atoms with E-state index in [1.165, 1.54) is 49.4 Å². The molecule has 0 saturated heterocycles. The number of benzene rings is 8. The van der Waals surface area contributed by atoms with Crippen LogP contribution in [0.5, 0.6) is 0 Å². The zero-order chi connectivity index (χ0) is 31.6. The van der Waals surface area contributed by atoms with E-state index in [-0.39, 0.29) is 0 Å². The first-order chi connectivity index (χ1) is 23.8. The maximum atomic E-state index is 6.68. The first kappa shape index (κ1) is 26.8. The van der Waals surface area contributed by atoms with Gasteiger partial charge in [0.1, 0.15) is 22.5 Å². The molecule has 0 aliphatic heterocycles. The molecule has 0 saturated carbocycles. The van der Waals surface area contributed by atoms with Crippen molar-refractivity contribution in [3.05, 3.63) is 170 Å². The summed E-state index contributed by atoms with van der Waals surface area (Å²) in [6.07, 6.45) is 0. The summed E-state index contributed by atoms with van der Waals surface area (Å²) in [5.41, 5.74) is 10.9. The molecule has 0 radical (unpaired) electrons. The van der Waals surface area contributed by atoms with Crippen molar-refractivity contribution < 1.29 is 8.83 Å². The van der Waals surface area contributed by atoms with Gasteiger partial charge in [0.15, 0.2) is 0 Å². The Bertz CT molecular complexity index is 2750. The monoisotopic (exact) mass is 612 g/mol. The van der Waals surface area contributed by atoms with Crippen LogP contribution in [0.25, 0.3) is 99.2 Å². The third-order valence-corrected chi connectivity index (χ3v) is 9.70. The van der Waals surface area contributed by atoms with Gasteiger partial charge in [-0.3, -0.25) is 0 Å². The molecule has 10 rings (SSSR count). The molecular formula is C46H28O2. The summed E-state index contributed by atoms with van der Waals surface area (Å²) in [5.74, 6) is 0.836. The molecular weight excluding hydrogens is 585 g/mol. The van der Waals surface area contributed by atoms with Crippen molar-refractivity contribution in [3.63, 3.8) is 0 Å². The molecule has 48 heavy (non-hydrogen) atoms. The summed E-state index contributed by atoms with van der Waals surface area (Å²) in [7, 11) is 0. The predicted molar refractivity (Wildman–Crippen MR) is 200 cm³/mol. The van der Waals surface area contributed by atoms with Crippen molar-refractivity contribution in [2.24, 2.45) is 0 Å². The molecule has 0 amide bonds. The number of hydrogen-bond acceptors (Lipinski definition) is 2. The molecule has 8 aromatic carbocycles. The van der Waals surface area contributed by atoms with E-state index in [1.807, 2.05) is 18.2 Å². The second-order valence-corrected chi connectivity index (χ2v) is 12.4. The molecule has 0 N–H and O–H groups in total. The fourth-order valence-electron chi connectivity index (χ4n) is 7.54. The molecule has 2 nitrogen and oxygen atoms in total. The van der Waals surface area contributed by atoms with Crippen LogP contribution in [0.4, 0.5) is 0 Å². The van der Waals surface area contributed by atoms with E-state index in [1.54, 1.807) is 0 Å². The Morgan fingerprint density at radius 3 is 1.54 bits per heavy atom. The van der Waals surface area contributed by atoms with Crippen molar-refractivity contribution >= 4 is 54.5 Å². The van der Waals surface area contributed by atoms with Gasteiger partial charge in [-0.2, -0.15) is 0 Å². The van der Waals surface area contributed by atoms with E-state index in [9.17, 15) is 0 Å². The van der Waals surface area contributed by atoms with E-state index < -0.39 is 0 Å².